The lowest BCUT2D eigenvalue weighted by Crippen LogP contribution is -2.30. The van der Waals surface area contributed by atoms with E-state index in [0.29, 0.717) is 0 Å². The molecule has 1 rings (SSSR count). The van der Waals surface area contributed by atoms with Crippen LogP contribution in [0.5, 0.6) is 0 Å². The molecule has 0 radical (unpaired) electrons. The molecule has 0 amide bonds. The van der Waals surface area contributed by atoms with Crippen molar-refractivity contribution in [2.75, 3.05) is 0 Å². The van der Waals surface area contributed by atoms with E-state index < -0.39 is 22.4 Å². The topological polar surface area (TPSA) is 176 Å². The summed E-state index contributed by atoms with van der Waals surface area (Å²) < 4.78 is 5.09. The lowest BCUT2D eigenvalue weighted by atomic mass is 10.1. The highest BCUT2D eigenvalue weighted by Gasteiger charge is 2.36. The van der Waals surface area contributed by atoms with Crippen LogP contribution in [-0.4, -0.2) is 55.2 Å². The Morgan fingerprint density at radius 2 is 1.12 bits per heavy atom. The smallest absolute Gasteiger partial charge is 0.291 e. The summed E-state index contributed by atoms with van der Waals surface area (Å²) in [4.78, 5) is 16.7. The van der Waals surface area contributed by atoms with Crippen molar-refractivity contribution in [2.24, 2.45) is 0 Å². The number of nitrogens with zero attached hydrogens (tertiary/aromatic N) is 2. The molecule has 0 spiro atoms. The quantitative estimate of drug-likeness (QED) is 0.307. The van der Waals surface area contributed by atoms with E-state index in [4.69, 9.17) is 45.6 Å². The van der Waals surface area contributed by atoms with Crippen molar-refractivity contribution in [1.82, 2.24) is 0 Å². The summed E-state index contributed by atoms with van der Waals surface area (Å²) >= 11 is 0. The fraction of sp³-hybridized carbons (Fsp3) is 1.00. The van der Waals surface area contributed by atoms with E-state index in [1.54, 1.807) is 13.8 Å². The average molecular weight is 258 g/mol. The molecular formula is C6H14N2O9. The van der Waals surface area contributed by atoms with Crippen LogP contribution in [-0.2, 0) is 4.74 Å². The molecule has 0 aliphatic carbocycles. The number of aliphatic hydroxyl groups is 2. The van der Waals surface area contributed by atoms with Crippen LogP contribution in [0.15, 0.2) is 0 Å². The largest absolute Gasteiger partial charge is 0.388 e. The zero-order valence-electron chi connectivity index (χ0n) is 9.03. The molecule has 1 aliphatic rings. The first-order chi connectivity index (χ1) is 7.59. The maximum atomic E-state index is 9.06. The summed E-state index contributed by atoms with van der Waals surface area (Å²) in [6.07, 6.45) is -1.87. The molecule has 0 aromatic heterocycles. The lowest BCUT2D eigenvalue weighted by molar-refractivity contribution is -0.742. The van der Waals surface area contributed by atoms with Crippen molar-refractivity contribution in [2.45, 2.75) is 38.3 Å². The van der Waals surface area contributed by atoms with Gasteiger partial charge in [-0.3, -0.25) is 0 Å². The fourth-order valence-corrected chi connectivity index (χ4v) is 1.05. The van der Waals surface area contributed by atoms with E-state index in [0.717, 1.165) is 0 Å². The van der Waals surface area contributed by atoms with Gasteiger partial charge in [-0.05, 0) is 13.8 Å². The molecule has 1 saturated heterocycles. The Bertz CT molecular complexity index is 216. The van der Waals surface area contributed by atoms with Gasteiger partial charge in [0.2, 0.25) is 0 Å². The Kier molecular flexibility index (Phi) is 8.77. The van der Waals surface area contributed by atoms with E-state index in [1.165, 1.54) is 0 Å². The predicted molar refractivity (Wildman–Crippen MR) is 49.6 cm³/mol. The Labute approximate surface area is 95.1 Å². The number of ether oxygens (including phenoxy) is 1. The summed E-state index contributed by atoms with van der Waals surface area (Å²) in [7, 11) is 0. The van der Waals surface area contributed by atoms with Crippen molar-refractivity contribution >= 4 is 0 Å². The highest BCUT2D eigenvalue weighted by atomic mass is 16.9. The molecule has 1 aliphatic heterocycles. The van der Waals surface area contributed by atoms with Crippen LogP contribution >= 0.6 is 0 Å². The second kappa shape index (κ2) is 8.43. The van der Waals surface area contributed by atoms with Gasteiger partial charge in [-0.2, -0.15) is 0 Å². The first-order valence-corrected chi connectivity index (χ1v) is 4.27. The van der Waals surface area contributed by atoms with Crippen molar-refractivity contribution < 1.29 is 35.5 Å². The van der Waals surface area contributed by atoms with Gasteiger partial charge in [0.25, 0.3) is 10.2 Å². The molecule has 102 valence electrons. The van der Waals surface area contributed by atoms with Crippen LogP contribution in [0.3, 0.4) is 0 Å². The zero-order chi connectivity index (χ0) is 14.2. The Hall–Kier alpha value is -1.72. The van der Waals surface area contributed by atoms with Crippen molar-refractivity contribution in [3.05, 3.63) is 20.2 Å². The van der Waals surface area contributed by atoms with Crippen molar-refractivity contribution in [3.63, 3.8) is 0 Å². The van der Waals surface area contributed by atoms with Gasteiger partial charge in [0.1, 0.15) is 12.2 Å². The van der Waals surface area contributed by atoms with Crippen molar-refractivity contribution in [3.8, 4) is 0 Å². The summed E-state index contributed by atoms with van der Waals surface area (Å²) in [5.41, 5.74) is 0. The van der Waals surface area contributed by atoms with Gasteiger partial charge in [0.05, 0.1) is 12.2 Å². The third kappa shape index (κ3) is 10.6. The van der Waals surface area contributed by atoms with Gasteiger partial charge in [-0.15, -0.1) is 20.2 Å². The molecule has 1 fully saturated rings. The lowest BCUT2D eigenvalue weighted by Gasteiger charge is -2.08. The van der Waals surface area contributed by atoms with Gasteiger partial charge in [0, 0.05) is 0 Å². The Morgan fingerprint density at radius 1 is 0.941 bits per heavy atom. The van der Waals surface area contributed by atoms with Crippen LogP contribution in [0.25, 0.3) is 0 Å². The third-order valence-corrected chi connectivity index (χ3v) is 1.74. The molecule has 11 nitrogen and oxygen atoms in total. The Morgan fingerprint density at radius 3 is 1.18 bits per heavy atom. The molecule has 0 aromatic rings. The minimum Gasteiger partial charge on any atom is -0.388 e. The number of hydrogen-bond donors (Lipinski definition) is 4. The maximum absolute atomic E-state index is 9.06. The molecule has 4 unspecified atom stereocenters. The van der Waals surface area contributed by atoms with Gasteiger partial charge in [0.15, 0.2) is 0 Å². The van der Waals surface area contributed by atoms with Gasteiger partial charge in [-0.25, -0.2) is 0 Å². The molecule has 0 saturated carbocycles. The molecule has 0 bridgehead atoms. The molecule has 1 heterocycles. The van der Waals surface area contributed by atoms with Gasteiger partial charge < -0.3 is 25.4 Å². The molecule has 4 atom stereocenters. The predicted octanol–water partition coefficient (Wildman–Crippen LogP) is -1.18. The summed E-state index contributed by atoms with van der Waals surface area (Å²) in [5.74, 6) is 0. The van der Waals surface area contributed by atoms with Crippen LogP contribution < -0.4 is 0 Å². The SMILES string of the molecule is CC1OC(C)C(O)C1O.O=[N+]([O-])O.O=[N+]([O-])O. The summed E-state index contributed by atoms with van der Waals surface area (Å²) in [6.45, 7) is 3.49. The molecule has 17 heavy (non-hydrogen) atoms. The second-order valence-electron chi connectivity index (χ2n) is 3.00. The molecule has 0 aromatic carbocycles. The van der Waals surface area contributed by atoms with Crippen LogP contribution in [0, 0.1) is 20.2 Å². The molecular weight excluding hydrogens is 244 g/mol. The van der Waals surface area contributed by atoms with E-state index in [9.17, 15) is 0 Å². The minimum atomic E-state index is -1.50. The van der Waals surface area contributed by atoms with Crippen LogP contribution in [0.1, 0.15) is 13.8 Å². The van der Waals surface area contributed by atoms with E-state index in [-0.39, 0.29) is 12.2 Å². The third-order valence-electron chi connectivity index (χ3n) is 1.74. The van der Waals surface area contributed by atoms with Crippen molar-refractivity contribution in [1.29, 1.82) is 0 Å². The standard InChI is InChI=1S/C6H12O3.2HNO3/c1-3-5(7)6(8)4(2)9-3;2*2-1(3)4/h3-8H,1-2H3;2*(H,2,3,4). The van der Waals surface area contributed by atoms with Crippen LogP contribution in [0.2, 0.25) is 0 Å². The average Bonchev–Trinajstić information content (AvgIpc) is 2.31. The van der Waals surface area contributed by atoms with Crippen LogP contribution in [0.4, 0.5) is 0 Å². The summed E-state index contributed by atoms with van der Waals surface area (Å²) in [6, 6.07) is 0. The zero-order valence-corrected chi connectivity index (χ0v) is 9.03. The minimum absolute atomic E-state index is 0.227. The Balaban J connectivity index is 0. The number of rotatable bonds is 0. The maximum Gasteiger partial charge on any atom is 0.291 e. The fourth-order valence-electron chi connectivity index (χ4n) is 1.05. The van der Waals surface area contributed by atoms with Gasteiger partial charge in [-0.1, -0.05) is 0 Å². The van der Waals surface area contributed by atoms with E-state index in [2.05, 4.69) is 0 Å². The highest BCUT2D eigenvalue weighted by Crippen LogP contribution is 2.19. The van der Waals surface area contributed by atoms with Gasteiger partial charge >= 0.3 is 0 Å². The first-order valence-electron chi connectivity index (χ1n) is 4.27. The molecule has 4 N–H and O–H groups in total. The second-order valence-corrected chi connectivity index (χ2v) is 3.00. The number of aliphatic hydroxyl groups excluding tert-OH is 2. The normalized spacial score (nSPS) is 30.4. The highest BCUT2D eigenvalue weighted by molar-refractivity contribution is 4.85. The molecule has 11 heteroatoms. The van der Waals surface area contributed by atoms with E-state index >= 15 is 0 Å². The number of hydrogen-bond acceptors (Lipinski definition) is 7. The first kappa shape index (κ1) is 17.7. The summed E-state index contributed by atoms with van der Waals surface area (Å²) in [5, 5.41) is 45.4. The van der Waals surface area contributed by atoms with E-state index in [1.807, 2.05) is 0 Å². The monoisotopic (exact) mass is 258 g/mol.